The van der Waals surface area contributed by atoms with Crippen LogP contribution in [0.5, 0.6) is 0 Å². The fourth-order valence-electron chi connectivity index (χ4n) is 2.00. The number of hydrogen-bond donors (Lipinski definition) is 2. The molecule has 1 unspecified atom stereocenters. The number of rotatable bonds is 9. The van der Waals surface area contributed by atoms with Crippen molar-refractivity contribution in [1.82, 2.24) is 0 Å². The first-order valence-corrected chi connectivity index (χ1v) is 8.38. The number of allylic oxidation sites excluding steroid dienone is 5. The van der Waals surface area contributed by atoms with Crippen molar-refractivity contribution < 1.29 is 15.0 Å². The normalized spacial score (nSPS) is 14.8. The van der Waals surface area contributed by atoms with E-state index in [0.29, 0.717) is 18.1 Å². The van der Waals surface area contributed by atoms with Crippen molar-refractivity contribution in [3.05, 3.63) is 45.9 Å². The standard InChI is InChI=1S/C19H29ClO3/c1-13(2)7-6-8-15(5)9-10-16(17(22)11-12-21)19(23)18(20)14(3)4/h9-13,15,22-23H,6-8H2,1-5H3/b10-9+,17-11-,19-16+. The minimum absolute atomic E-state index is 0.152. The van der Waals surface area contributed by atoms with Crippen LogP contribution in [0.2, 0.25) is 0 Å². The van der Waals surface area contributed by atoms with Crippen LogP contribution in [0.1, 0.15) is 53.9 Å². The molecular weight excluding hydrogens is 312 g/mol. The Kier molecular flexibility index (Phi) is 10.4. The highest BCUT2D eigenvalue weighted by Crippen LogP contribution is 2.25. The summed E-state index contributed by atoms with van der Waals surface area (Å²) in [5, 5.41) is 20.3. The lowest BCUT2D eigenvalue weighted by Crippen LogP contribution is -1.98. The van der Waals surface area contributed by atoms with Gasteiger partial charge < -0.3 is 10.2 Å². The van der Waals surface area contributed by atoms with Gasteiger partial charge in [-0.3, -0.25) is 4.79 Å². The van der Waals surface area contributed by atoms with Gasteiger partial charge in [0.05, 0.1) is 10.6 Å². The summed E-state index contributed by atoms with van der Waals surface area (Å²) in [5.41, 5.74) is 0.873. The maximum atomic E-state index is 10.6. The summed E-state index contributed by atoms with van der Waals surface area (Å²) in [6, 6.07) is 0. The second kappa shape index (κ2) is 11.1. The van der Waals surface area contributed by atoms with Crippen LogP contribution in [0, 0.1) is 11.8 Å². The van der Waals surface area contributed by atoms with Gasteiger partial charge in [0.25, 0.3) is 0 Å². The monoisotopic (exact) mass is 340 g/mol. The van der Waals surface area contributed by atoms with E-state index in [2.05, 4.69) is 20.8 Å². The van der Waals surface area contributed by atoms with Crippen molar-refractivity contribution in [3.8, 4) is 0 Å². The highest BCUT2D eigenvalue weighted by Gasteiger charge is 2.12. The van der Waals surface area contributed by atoms with Crippen molar-refractivity contribution in [2.45, 2.75) is 53.9 Å². The number of halogens is 1. The molecule has 0 spiro atoms. The number of hydrogen-bond acceptors (Lipinski definition) is 3. The average molecular weight is 341 g/mol. The Labute approximate surface area is 145 Å². The molecule has 1 atom stereocenters. The van der Waals surface area contributed by atoms with E-state index in [9.17, 15) is 15.0 Å². The van der Waals surface area contributed by atoms with E-state index in [-0.39, 0.29) is 22.1 Å². The summed E-state index contributed by atoms with van der Waals surface area (Å²) < 4.78 is 0. The summed E-state index contributed by atoms with van der Waals surface area (Å²) in [6.45, 7) is 9.99. The van der Waals surface area contributed by atoms with Crippen LogP contribution >= 0.6 is 11.6 Å². The van der Waals surface area contributed by atoms with Crippen molar-refractivity contribution in [2.75, 3.05) is 0 Å². The first-order valence-electron chi connectivity index (χ1n) is 8.00. The molecule has 0 aromatic heterocycles. The quantitative estimate of drug-likeness (QED) is 0.234. The van der Waals surface area contributed by atoms with E-state index in [0.717, 1.165) is 24.5 Å². The number of aliphatic hydroxyl groups excluding tert-OH is 2. The third-order valence-electron chi connectivity index (χ3n) is 3.44. The van der Waals surface area contributed by atoms with Crippen LogP contribution in [0.3, 0.4) is 0 Å². The molecule has 0 saturated carbocycles. The number of carbonyl (C=O) groups is 1. The molecule has 0 aromatic carbocycles. The van der Waals surface area contributed by atoms with Gasteiger partial charge in [0.1, 0.15) is 17.8 Å². The van der Waals surface area contributed by atoms with Gasteiger partial charge >= 0.3 is 0 Å². The highest BCUT2D eigenvalue weighted by atomic mass is 35.5. The van der Waals surface area contributed by atoms with E-state index in [4.69, 9.17) is 11.6 Å². The Bertz CT molecular complexity index is 507. The molecular formula is C19H29ClO3. The number of carbonyl (C=O) groups excluding carboxylic acids is 1. The highest BCUT2D eigenvalue weighted by molar-refractivity contribution is 6.32. The number of aldehydes is 1. The summed E-state index contributed by atoms with van der Waals surface area (Å²) in [6.07, 6.45) is 8.32. The van der Waals surface area contributed by atoms with E-state index in [1.165, 1.54) is 6.42 Å². The summed E-state index contributed by atoms with van der Waals surface area (Å²) in [5.74, 6) is 0.447. The third-order valence-corrected chi connectivity index (χ3v) is 3.99. The zero-order valence-electron chi connectivity index (χ0n) is 14.8. The molecule has 0 amide bonds. The molecule has 0 radical (unpaired) electrons. The number of aliphatic hydroxyl groups is 2. The molecule has 0 bridgehead atoms. The van der Waals surface area contributed by atoms with E-state index in [1.807, 2.05) is 6.08 Å². The Hall–Kier alpha value is -1.48. The lowest BCUT2D eigenvalue weighted by Gasteiger charge is -2.10. The Morgan fingerprint density at radius 1 is 1.13 bits per heavy atom. The molecule has 0 aliphatic carbocycles. The summed E-state index contributed by atoms with van der Waals surface area (Å²) in [7, 11) is 0. The van der Waals surface area contributed by atoms with Crippen molar-refractivity contribution in [1.29, 1.82) is 0 Å². The lowest BCUT2D eigenvalue weighted by molar-refractivity contribution is -0.104. The topological polar surface area (TPSA) is 57.5 Å². The molecule has 0 saturated heterocycles. The first-order chi connectivity index (χ1) is 10.7. The van der Waals surface area contributed by atoms with Gasteiger partial charge in [-0.2, -0.15) is 0 Å². The van der Waals surface area contributed by atoms with Crippen LogP contribution < -0.4 is 0 Å². The van der Waals surface area contributed by atoms with Crippen LogP contribution in [0.15, 0.2) is 45.9 Å². The average Bonchev–Trinajstić information content (AvgIpc) is 2.46. The Morgan fingerprint density at radius 3 is 2.22 bits per heavy atom. The van der Waals surface area contributed by atoms with Crippen LogP contribution in [0.25, 0.3) is 0 Å². The maximum absolute atomic E-state index is 10.6. The van der Waals surface area contributed by atoms with Crippen LogP contribution in [-0.4, -0.2) is 16.5 Å². The van der Waals surface area contributed by atoms with E-state index in [1.54, 1.807) is 19.9 Å². The Balaban J connectivity index is 5.30. The third kappa shape index (κ3) is 8.65. The Morgan fingerprint density at radius 2 is 1.74 bits per heavy atom. The molecule has 0 heterocycles. The lowest BCUT2D eigenvalue weighted by atomic mass is 9.98. The van der Waals surface area contributed by atoms with Gasteiger partial charge in [-0.1, -0.05) is 62.9 Å². The van der Waals surface area contributed by atoms with Gasteiger partial charge in [0.2, 0.25) is 0 Å². The largest absolute Gasteiger partial charge is 0.507 e. The molecule has 0 aromatic rings. The molecule has 130 valence electrons. The minimum atomic E-state index is -0.303. The van der Waals surface area contributed by atoms with Crippen molar-refractivity contribution >= 4 is 17.9 Å². The van der Waals surface area contributed by atoms with Gasteiger partial charge in [0.15, 0.2) is 0 Å². The van der Waals surface area contributed by atoms with E-state index >= 15 is 0 Å². The molecule has 0 fully saturated rings. The molecule has 2 N–H and O–H groups in total. The van der Waals surface area contributed by atoms with Gasteiger partial charge in [-0.25, -0.2) is 0 Å². The fourth-order valence-corrected chi connectivity index (χ4v) is 2.10. The summed E-state index contributed by atoms with van der Waals surface area (Å²) >= 11 is 6.05. The molecule has 3 nitrogen and oxygen atoms in total. The molecule has 23 heavy (non-hydrogen) atoms. The predicted molar refractivity (Wildman–Crippen MR) is 97.7 cm³/mol. The second-order valence-corrected chi connectivity index (χ2v) is 6.80. The van der Waals surface area contributed by atoms with Crippen LogP contribution in [-0.2, 0) is 4.79 Å². The molecule has 0 aliphatic heterocycles. The smallest absolute Gasteiger partial charge is 0.146 e. The zero-order valence-corrected chi connectivity index (χ0v) is 15.5. The SMILES string of the molecule is CC(C)=C(Cl)/C(O)=C(/C=C/C(C)CCCC(C)C)C(\O)=C\C=O. The fraction of sp³-hybridized carbons (Fsp3) is 0.526. The minimum Gasteiger partial charge on any atom is -0.507 e. The van der Waals surface area contributed by atoms with Gasteiger partial charge in [-0.15, -0.1) is 0 Å². The van der Waals surface area contributed by atoms with Crippen molar-refractivity contribution in [3.63, 3.8) is 0 Å². The predicted octanol–water partition coefficient (Wildman–Crippen LogP) is 5.99. The van der Waals surface area contributed by atoms with Gasteiger partial charge in [0, 0.05) is 6.08 Å². The zero-order chi connectivity index (χ0) is 18.0. The van der Waals surface area contributed by atoms with Crippen molar-refractivity contribution in [2.24, 2.45) is 11.8 Å². The first kappa shape index (κ1) is 21.5. The second-order valence-electron chi connectivity index (χ2n) is 6.43. The molecule has 4 heteroatoms. The van der Waals surface area contributed by atoms with Crippen LogP contribution in [0.4, 0.5) is 0 Å². The van der Waals surface area contributed by atoms with E-state index < -0.39 is 0 Å². The summed E-state index contributed by atoms with van der Waals surface area (Å²) in [4.78, 5) is 10.6. The maximum Gasteiger partial charge on any atom is 0.146 e. The molecule has 0 rings (SSSR count). The molecule has 0 aliphatic rings. The van der Waals surface area contributed by atoms with Gasteiger partial charge in [-0.05, 0) is 32.1 Å².